The summed E-state index contributed by atoms with van der Waals surface area (Å²) >= 11 is 0. The van der Waals surface area contributed by atoms with Crippen LogP contribution in [0.4, 0.5) is 5.82 Å². The van der Waals surface area contributed by atoms with Gasteiger partial charge in [0.1, 0.15) is 11.9 Å². The number of hydrogen-bond acceptors (Lipinski definition) is 3. The quantitative estimate of drug-likeness (QED) is 0.783. The van der Waals surface area contributed by atoms with Crippen LogP contribution in [-0.2, 0) is 4.79 Å². The first-order chi connectivity index (χ1) is 7.13. The van der Waals surface area contributed by atoms with Crippen LogP contribution < -0.4 is 10.6 Å². The normalized spacial score (nSPS) is 11.9. The van der Waals surface area contributed by atoms with E-state index in [0.717, 1.165) is 11.4 Å². The highest BCUT2D eigenvalue weighted by atomic mass is 16.2. The van der Waals surface area contributed by atoms with E-state index in [4.69, 9.17) is 0 Å². The van der Waals surface area contributed by atoms with E-state index in [1.165, 1.54) is 0 Å². The number of nitrogens with one attached hydrogen (secondary N) is 2. The molecule has 1 amide bonds. The second kappa shape index (κ2) is 5.34. The molecule has 82 valence electrons. The highest BCUT2D eigenvalue weighted by Gasteiger charge is 2.11. The summed E-state index contributed by atoms with van der Waals surface area (Å²) in [5, 5.41) is 5.78. The molecule has 1 heterocycles. The van der Waals surface area contributed by atoms with E-state index in [-0.39, 0.29) is 11.9 Å². The van der Waals surface area contributed by atoms with Crippen molar-refractivity contribution in [1.29, 1.82) is 0 Å². The maximum absolute atomic E-state index is 11.4. The van der Waals surface area contributed by atoms with Gasteiger partial charge in [-0.05, 0) is 32.4 Å². The zero-order valence-electron chi connectivity index (χ0n) is 9.37. The van der Waals surface area contributed by atoms with Crippen LogP contribution in [0.25, 0.3) is 0 Å². The van der Waals surface area contributed by atoms with Gasteiger partial charge in [-0.3, -0.25) is 4.79 Å². The molecular weight excluding hydrogens is 190 g/mol. The average molecular weight is 207 g/mol. The lowest BCUT2D eigenvalue weighted by Crippen LogP contribution is -2.37. The largest absolute Gasteiger partial charge is 0.359 e. The Kier molecular flexibility index (Phi) is 4.09. The fraction of sp³-hybridized carbons (Fsp3) is 0.455. The van der Waals surface area contributed by atoms with Gasteiger partial charge in [0.25, 0.3) is 0 Å². The summed E-state index contributed by atoms with van der Waals surface area (Å²) in [6.07, 6.45) is 1.77. The van der Waals surface area contributed by atoms with E-state index in [1.54, 1.807) is 6.20 Å². The van der Waals surface area contributed by atoms with Crippen LogP contribution in [0.1, 0.15) is 19.4 Å². The highest BCUT2D eigenvalue weighted by molar-refractivity contribution is 5.83. The molecule has 0 spiro atoms. The van der Waals surface area contributed by atoms with Crippen LogP contribution in [0.15, 0.2) is 18.3 Å². The molecule has 1 atom stereocenters. The third-order valence-electron chi connectivity index (χ3n) is 2.02. The Balaban J connectivity index is 2.54. The summed E-state index contributed by atoms with van der Waals surface area (Å²) in [5.41, 5.74) is 1.10. The molecule has 0 aliphatic carbocycles. The first-order valence-corrected chi connectivity index (χ1v) is 5.10. The Morgan fingerprint density at radius 3 is 2.80 bits per heavy atom. The van der Waals surface area contributed by atoms with E-state index in [0.29, 0.717) is 6.54 Å². The number of pyridine rings is 1. The van der Waals surface area contributed by atoms with Crippen molar-refractivity contribution in [3.8, 4) is 0 Å². The summed E-state index contributed by atoms with van der Waals surface area (Å²) < 4.78 is 0. The number of carbonyl (C=O) groups is 1. The van der Waals surface area contributed by atoms with Gasteiger partial charge in [-0.1, -0.05) is 6.07 Å². The standard InChI is InChI=1S/C11H17N3O/c1-4-12-11(15)9(3)14-10-6-5-8(2)7-13-10/h5-7,9H,4H2,1-3H3,(H,12,15)(H,13,14). The minimum absolute atomic E-state index is 0.0140. The molecule has 0 saturated carbocycles. The first kappa shape index (κ1) is 11.5. The molecule has 2 N–H and O–H groups in total. The lowest BCUT2D eigenvalue weighted by atomic mass is 10.3. The molecule has 1 rings (SSSR count). The highest BCUT2D eigenvalue weighted by Crippen LogP contribution is 2.05. The van der Waals surface area contributed by atoms with E-state index in [1.807, 2.05) is 32.9 Å². The van der Waals surface area contributed by atoms with Crippen LogP contribution in [-0.4, -0.2) is 23.5 Å². The molecular formula is C11H17N3O. The van der Waals surface area contributed by atoms with Gasteiger partial charge < -0.3 is 10.6 Å². The Morgan fingerprint density at radius 2 is 2.27 bits per heavy atom. The third-order valence-corrected chi connectivity index (χ3v) is 2.02. The minimum atomic E-state index is -0.264. The molecule has 4 nitrogen and oxygen atoms in total. The van der Waals surface area contributed by atoms with E-state index in [2.05, 4.69) is 15.6 Å². The summed E-state index contributed by atoms with van der Waals surface area (Å²) in [6, 6.07) is 3.56. The second-order valence-electron chi connectivity index (χ2n) is 3.48. The Labute approximate surface area is 90.1 Å². The van der Waals surface area contributed by atoms with Gasteiger partial charge in [0.05, 0.1) is 0 Å². The molecule has 1 aromatic heterocycles. The predicted molar refractivity (Wildman–Crippen MR) is 60.7 cm³/mol. The molecule has 4 heteroatoms. The SMILES string of the molecule is CCNC(=O)C(C)Nc1ccc(C)cn1. The van der Waals surface area contributed by atoms with Gasteiger partial charge in [0.15, 0.2) is 0 Å². The monoisotopic (exact) mass is 207 g/mol. The Bertz CT molecular complexity index is 321. The van der Waals surface area contributed by atoms with Crippen LogP contribution >= 0.6 is 0 Å². The lowest BCUT2D eigenvalue weighted by molar-refractivity contribution is -0.121. The predicted octanol–water partition coefficient (Wildman–Crippen LogP) is 1.33. The summed E-state index contributed by atoms with van der Waals surface area (Å²) in [7, 11) is 0. The number of rotatable bonds is 4. The zero-order chi connectivity index (χ0) is 11.3. The fourth-order valence-corrected chi connectivity index (χ4v) is 1.17. The van der Waals surface area contributed by atoms with E-state index < -0.39 is 0 Å². The smallest absolute Gasteiger partial charge is 0.242 e. The molecule has 0 radical (unpaired) electrons. The fourth-order valence-electron chi connectivity index (χ4n) is 1.17. The number of anilines is 1. The second-order valence-corrected chi connectivity index (χ2v) is 3.48. The molecule has 0 aromatic carbocycles. The van der Waals surface area contributed by atoms with Gasteiger partial charge >= 0.3 is 0 Å². The van der Waals surface area contributed by atoms with Crippen molar-refractivity contribution >= 4 is 11.7 Å². The third kappa shape index (κ3) is 3.58. The molecule has 0 bridgehead atoms. The van der Waals surface area contributed by atoms with Crippen molar-refractivity contribution in [2.45, 2.75) is 26.8 Å². The lowest BCUT2D eigenvalue weighted by Gasteiger charge is -2.13. The zero-order valence-corrected chi connectivity index (χ0v) is 9.37. The molecule has 1 aromatic rings. The maximum Gasteiger partial charge on any atom is 0.242 e. The van der Waals surface area contributed by atoms with Crippen LogP contribution in [0.5, 0.6) is 0 Å². The van der Waals surface area contributed by atoms with Crippen LogP contribution in [0.2, 0.25) is 0 Å². The van der Waals surface area contributed by atoms with E-state index in [9.17, 15) is 4.79 Å². The van der Waals surface area contributed by atoms with Crippen molar-refractivity contribution in [2.75, 3.05) is 11.9 Å². The minimum Gasteiger partial charge on any atom is -0.359 e. The molecule has 1 unspecified atom stereocenters. The van der Waals surface area contributed by atoms with Crippen molar-refractivity contribution in [1.82, 2.24) is 10.3 Å². The van der Waals surface area contributed by atoms with Crippen LogP contribution in [0.3, 0.4) is 0 Å². The topological polar surface area (TPSA) is 54.0 Å². The number of hydrogen-bond donors (Lipinski definition) is 2. The van der Waals surface area contributed by atoms with Crippen molar-refractivity contribution in [3.05, 3.63) is 23.9 Å². The van der Waals surface area contributed by atoms with Crippen LogP contribution in [0, 0.1) is 6.92 Å². The van der Waals surface area contributed by atoms with Gasteiger partial charge in [-0.2, -0.15) is 0 Å². The number of aryl methyl sites for hydroxylation is 1. The molecule has 0 aliphatic rings. The number of aromatic nitrogens is 1. The Morgan fingerprint density at radius 1 is 1.53 bits per heavy atom. The first-order valence-electron chi connectivity index (χ1n) is 5.10. The number of likely N-dealkylation sites (N-methyl/N-ethyl adjacent to an activating group) is 1. The molecule has 0 fully saturated rings. The molecule has 0 saturated heterocycles. The average Bonchev–Trinajstić information content (AvgIpc) is 2.22. The summed E-state index contributed by atoms with van der Waals surface area (Å²) in [5.74, 6) is 0.708. The number of amides is 1. The van der Waals surface area contributed by atoms with Crippen molar-refractivity contribution < 1.29 is 4.79 Å². The maximum atomic E-state index is 11.4. The van der Waals surface area contributed by atoms with Gasteiger partial charge in [0, 0.05) is 12.7 Å². The van der Waals surface area contributed by atoms with E-state index >= 15 is 0 Å². The van der Waals surface area contributed by atoms with Gasteiger partial charge in [0.2, 0.25) is 5.91 Å². The number of carbonyl (C=O) groups excluding carboxylic acids is 1. The Hall–Kier alpha value is -1.58. The summed E-state index contributed by atoms with van der Waals surface area (Å²) in [6.45, 7) is 6.33. The summed E-state index contributed by atoms with van der Waals surface area (Å²) in [4.78, 5) is 15.6. The van der Waals surface area contributed by atoms with Crippen molar-refractivity contribution in [2.24, 2.45) is 0 Å². The van der Waals surface area contributed by atoms with Gasteiger partial charge in [-0.15, -0.1) is 0 Å². The van der Waals surface area contributed by atoms with Crippen molar-refractivity contribution in [3.63, 3.8) is 0 Å². The number of nitrogens with zero attached hydrogens (tertiary/aromatic N) is 1. The van der Waals surface area contributed by atoms with Gasteiger partial charge in [-0.25, -0.2) is 4.98 Å². The molecule has 15 heavy (non-hydrogen) atoms. The molecule has 0 aliphatic heterocycles.